The fourth-order valence-corrected chi connectivity index (χ4v) is 0.895. The molecule has 0 aromatic carbocycles. The average molecular weight is 228 g/mol. The number of aromatic nitrogens is 3. The van der Waals surface area contributed by atoms with Crippen molar-refractivity contribution in [3.8, 4) is 12.0 Å². The van der Waals surface area contributed by atoms with Crippen molar-refractivity contribution in [2.45, 2.75) is 19.4 Å². The van der Waals surface area contributed by atoms with E-state index in [2.05, 4.69) is 20.3 Å². The average Bonchev–Trinajstić information content (AvgIpc) is 2.25. The molecule has 16 heavy (non-hydrogen) atoms. The summed E-state index contributed by atoms with van der Waals surface area (Å²) in [4.78, 5) is 11.8. The van der Waals surface area contributed by atoms with E-state index in [9.17, 15) is 5.11 Å². The first-order valence-corrected chi connectivity index (χ1v) is 4.75. The van der Waals surface area contributed by atoms with Gasteiger partial charge in [-0.15, -0.1) is 4.98 Å². The summed E-state index contributed by atoms with van der Waals surface area (Å²) in [6.45, 7) is 3.66. The highest BCUT2D eigenvalue weighted by Crippen LogP contribution is 2.12. The lowest BCUT2D eigenvalue weighted by molar-refractivity contribution is 0.0942. The quantitative estimate of drug-likeness (QED) is 0.737. The maximum Gasteiger partial charge on any atom is 0.324 e. The normalized spacial score (nSPS) is 11.1. The van der Waals surface area contributed by atoms with Crippen molar-refractivity contribution >= 4 is 5.95 Å². The number of ether oxygens (including phenoxy) is 2. The standard InChI is InChI=1S/C9H16N4O3/c1-9(2,14)5-10-6-11-7(15-3)13-8(12-6)16-4/h14H,5H2,1-4H3,(H,10,11,12,13). The Bertz CT molecular complexity index is 329. The van der Waals surface area contributed by atoms with Crippen LogP contribution in [0.4, 0.5) is 5.95 Å². The van der Waals surface area contributed by atoms with Crippen LogP contribution < -0.4 is 14.8 Å². The molecule has 0 saturated carbocycles. The summed E-state index contributed by atoms with van der Waals surface area (Å²) in [6, 6.07) is 0.315. The number of methoxy groups -OCH3 is 2. The molecular formula is C9H16N4O3. The number of nitrogens with one attached hydrogen (secondary N) is 1. The van der Waals surface area contributed by atoms with E-state index in [1.54, 1.807) is 13.8 Å². The number of hydrogen-bond donors (Lipinski definition) is 2. The minimum atomic E-state index is -0.854. The Labute approximate surface area is 93.9 Å². The molecule has 0 amide bonds. The van der Waals surface area contributed by atoms with Gasteiger partial charge in [0.2, 0.25) is 5.95 Å². The molecular weight excluding hydrogens is 212 g/mol. The molecule has 0 aliphatic heterocycles. The molecule has 7 heteroatoms. The lowest BCUT2D eigenvalue weighted by Gasteiger charge is -2.17. The number of aliphatic hydroxyl groups is 1. The van der Waals surface area contributed by atoms with Gasteiger partial charge < -0.3 is 19.9 Å². The molecule has 0 fully saturated rings. The van der Waals surface area contributed by atoms with Crippen molar-refractivity contribution in [1.29, 1.82) is 0 Å². The highest BCUT2D eigenvalue weighted by Gasteiger charge is 2.14. The third-order valence-electron chi connectivity index (χ3n) is 1.64. The van der Waals surface area contributed by atoms with Crippen LogP contribution >= 0.6 is 0 Å². The fourth-order valence-electron chi connectivity index (χ4n) is 0.895. The van der Waals surface area contributed by atoms with Gasteiger partial charge in [0.05, 0.1) is 19.8 Å². The minimum Gasteiger partial charge on any atom is -0.467 e. The molecule has 0 aliphatic carbocycles. The highest BCUT2D eigenvalue weighted by atomic mass is 16.5. The van der Waals surface area contributed by atoms with Crippen LogP contribution in [0.15, 0.2) is 0 Å². The third kappa shape index (κ3) is 3.85. The van der Waals surface area contributed by atoms with Gasteiger partial charge in [0.25, 0.3) is 0 Å². The molecule has 0 saturated heterocycles. The van der Waals surface area contributed by atoms with Crippen LogP contribution in [0.3, 0.4) is 0 Å². The van der Waals surface area contributed by atoms with Crippen LogP contribution in [0.25, 0.3) is 0 Å². The van der Waals surface area contributed by atoms with Crippen LogP contribution in [-0.2, 0) is 0 Å². The van der Waals surface area contributed by atoms with Crippen LogP contribution in [0.5, 0.6) is 12.0 Å². The van der Waals surface area contributed by atoms with Crippen LogP contribution in [-0.4, -0.2) is 46.4 Å². The molecule has 1 aromatic heterocycles. The van der Waals surface area contributed by atoms with E-state index in [0.717, 1.165) is 0 Å². The first-order chi connectivity index (χ1) is 7.44. The zero-order valence-corrected chi connectivity index (χ0v) is 9.81. The van der Waals surface area contributed by atoms with Crippen molar-refractivity contribution in [2.24, 2.45) is 0 Å². The largest absolute Gasteiger partial charge is 0.467 e. The second-order valence-corrected chi connectivity index (χ2v) is 3.80. The van der Waals surface area contributed by atoms with Crippen molar-refractivity contribution in [2.75, 3.05) is 26.1 Å². The van der Waals surface area contributed by atoms with Gasteiger partial charge in [-0.1, -0.05) is 0 Å². The van der Waals surface area contributed by atoms with Crippen molar-refractivity contribution in [1.82, 2.24) is 15.0 Å². The van der Waals surface area contributed by atoms with Gasteiger partial charge in [-0.25, -0.2) is 0 Å². The smallest absolute Gasteiger partial charge is 0.324 e. The maximum atomic E-state index is 9.54. The Morgan fingerprint density at radius 2 is 1.62 bits per heavy atom. The summed E-state index contributed by atoms with van der Waals surface area (Å²) in [5.41, 5.74) is -0.854. The lowest BCUT2D eigenvalue weighted by Crippen LogP contribution is -2.30. The Morgan fingerprint density at radius 1 is 1.12 bits per heavy atom. The highest BCUT2D eigenvalue weighted by molar-refractivity contribution is 5.27. The SMILES string of the molecule is COc1nc(NCC(C)(C)O)nc(OC)n1. The minimum absolute atomic E-state index is 0.157. The van der Waals surface area contributed by atoms with Gasteiger partial charge in [-0.3, -0.25) is 0 Å². The first-order valence-electron chi connectivity index (χ1n) is 4.75. The molecule has 2 N–H and O–H groups in total. The van der Waals surface area contributed by atoms with Crippen molar-refractivity contribution in [3.63, 3.8) is 0 Å². The molecule has 1 aromatic rings. The van der Waals surface area contributed by atoms with E-state index >= 15 is 0 Å². The molecule has 90 valence electrons. The lowest BCUT2D eigenvalue weighted by atomic mass is 10.1. The predicted octanol–water partition coefficient (Wildman–Crippen LogP) is 0.0716. The van der Waals surface area contributed by atoms with E-state index in [4.69, 9.17) is 9.47 Å². The Hall–Kier alpha value is -1.63. The molecule has 0 aliphatic rings. The molecule has 7 nitrogen and oxygen atoms in total. The number of nitrogens with zero attached hydrogens (tertiary/aromatic N) is 3. The Kier molecular flexibility index (Phi) is 3.83. The summed E-state index contributed by atoms with van der Waals surface area (Å²) in [7, 11) is 2.91. The van der Waals surface area contributed by atoms with Crippen molar-refractivity contribution < 1.29 is 14.6 Å². The van der Waals surface area contributed by atoms with Gasteiger partial charge in [-0.05, 0) is 13.8 Å². The van der Waals surface area contributed by atoms with E-state index in [-0.39, 0.29) is 12.0 Å². The molecule has 0 spiro atoms. The van der Waals surface area contributed by atoms with E-state index in [1.165, 1.54) is 14.2 Å². The maximum absolute atomic E-state index is 9.54. The summed E-state index contributed by atoms with van der Waals surface area (Å²) < 4.78 is 9.77. The van der Waals surface area contributed by atoms with Gasteiger partial charge >= 0.3 is 12.0 Å². The molecule has 1 heterocycles. The third-order valence-corrected chi connectivity index (χ3v) is 1.64. The van der Waals surface area contributed by atoms with Gasteiger partial charge in [-0.2, -0.15) is 9.97 Å². The second-order valence-electron chi connectivity index (χ2n) is 3.80. The summed E-state index contributed by atoms with van der Waals surface area (Å²) >= 11 is 0. The topological polar surface area (TPSA) is 89.4 Å². The molecule has 0 unspecified atom stereocenters. The number of rotatable bonds is 5. The number of anilines is 1. The van der Waals surface area contributed by atoms with Crippen molar-refractivity contribution in [3.05, 3.63) is 0 Å². The summed E-state index contributed by atoms with van der Waals surface area (Å²) in [6.07, 6.45) is 0. The van der Waals surface area contributed by atoms with Gasteiger partial charge in [0, 0.05) is 6.54 Å². The summed E-state index contributed by atoms with van der Waals surface area (Å²) in [5, 5.41) is 12.4. The van der Waals surface area contributed by atoms with Crippen LogP contribution in [0.2, 0.25) is 0 Å². The van der Waals surface area contributed by atoms with Crippen LogP contribution in [0.1, 0.15) is 13.8 Å². The molecule has 0 bridgehead atoms. The van der Waals surface area contributed by atoms with E-state index < -0.39 is 5.60 Å². The van der Waals surface area contributed by atoms with Gasteiger partial charge in [0.15, 0.2) is 0 Å². The Balaban J connectivity index is 2.79. The Morgan fingerprint density at radius 3 is 2.00 bits per heavy atom. The van der Waals surface area contributed by atoms with Crippen LogP contribution in [0, 0.1) is 0 Å². The van der Waals surface area contributed by atoms with E-state index in [1.807, 2.05) is 0 Å². The monoisotopic (exact) mass is 228 g/mol. The predicted molar refractivity (Wildman–Crippen MR) is 57.7 cm³/mol. The molecule has 1 rings (SSSR count). The molecule has 0 radical (unpaired) electrons. The fraction of sp³-hybridized carbons (Fsp3) is 0.667. The van der Waals surface area contributed by atoms with Gasteiger partial charge in [0.1, 0.15) is 0 Å². The zero-order chi connectivity index (χ0) is 12.2. The first kappa shape index (κ1) is 12.4. The second kappa shape index (κ2) is 4.93. The zero-order valence-electron chi connectivity index (χ0n) is 9.81. The van der Waals surface area contributed by atoms with E-state index in [0.29, 0.717) is 12.5 Å². The summed E-state index contributed by atoms with van der Waals surface area (Å²) in [5.74, 6) is 0.297. The molecule has 0 atom stereocenters. The number of hydrogen-bond acceptors (Lipinski definition) is 7.